The number of aryl methyl sites for hydroxylation is 2. The van der Waals surface area contributed by atoms with Crippen molar-refractivity contribution in [1.29, 1.82) is 0 Å². The van der Waals surface area contributed by atoms with Crippen LogP contribution in [0.15, 0.2) is 33.5 Å². The molecule has 0 saturated heterocycles. The van der Waals surface area contributed by atoms with Crippen LogP contribution < -0.4 is 5.32 Å². The van der Waals surface area contributed by atoms with E-state index in [1.54, 1.807) is 13.0 Å². The van der Waals surface area contributed by atoms with Crippen molar-refractivity contribution in [2.24, 2.45) is 0 Å². The lowest BCUT2D eigenvalue weighted by atomic mass is 10.1. The number of nitrogens with one attached hydrogen (secondary N) is 1. The number of amides is 1. The second-order valence-corrected chi connectivity index (χ2v) is 7.31. The molecule has 0 bridgehead atoms. The molecular formula is C17H16N2O3S2. The second-order valence-electron chi connectivity index (χ2n) is 5.36. The first-order valence-electron chi connectivity index (χ1n) is 7.38. The van der Waals surface area contributed by atoms with Gasteiger partial charge in [-0.05, 0) is 37.4 Å². The Bertz CT molecular complexity index is 843. The Hall–Kier alpha value is -2.25. The molecule has 0 fully saturated rings. The highest BCUT2D eigenvalue weighted by Gasteiger charge is 2.15. The Kier molecular flexibility index (Phi) is 4.92. The molecule has 0 saturated carbocycles. The maximum absolute atomic E-state index is 12.3. The van der Waals surface area contributed by atoms with Gasteiger partial charge in [0.2, 0.25) is 11.7 Å². The van der Waals surface area contributed by atoms with Crippen LogP contribution in [-0.2, 0) is 17.8 Å². The lowest BCUT2D eigenvalue weighted by Crippen LogP contribution is -2.24. The van der Waals surface area contributed by atoms with Gasteiger partial charge >= 0.3 is 0 Å². The fourth-order valence-electron chi connectivity index (χ4n) is 2.29. The van der Waals surface area contributed by atoms with Gasteiger partial charge in [-0.3, -0.25) is 9.59 Å². The molecule has 1 amide bonds. The maximum atomic E-state index is 12.3. The maximum Gasteiger partial charge on any atom is 0.224 e. The number of ketones is 1. The molecule has 0 aromatic carbocycles. The van der Waals surface area contributed by atoms with Gasteiger partial charge in [-0.2, -0.15) is 11.3 Å². The third-order valence-corrected chi connectivity index (χ3v) is 5.41. The third-order valence-electron chi connectivity index (χ3n) is 3.65. The average Bonchev–Trinajstić information content (AvgIpc) is 3.30. The zero-order valence-corrected chi connectivity index (χ0v) is 14.9. The minimum Gasteiger partial charge on any atom is -0.361 e. The van der Waals surface area contributed by atoms with E-state index in [1.165, 1.54) is 22.7 Å². The van der Waals surface area contributed by atoms with E-state index in [0.29, 0.717) is 22.7 Å². The van der Waals surface area contributed by atoms with E-state index < -0.39 is 0 Å². The predicted octanol–water partition coefficient (Wildman–Crippen LogP) is 3.50. The highest BCUT2D eigenvalue weighted by Crippen LogP contribution is 2.21. The molecule has 3 aromatic rings. The van der Waals surface area contributed by atoms with E-state index >= 15 is 0 Å². The van der Waals surface area contributed by atoms with Crippen LogP contribution in [0.25, 0.3) is 0 Å². The van der Waals surface area contributed by atoms with Crippen LogP contribution >= 0.6 is 22.7 Å². The first kappa shape index (κ1) is 16.6. The standard InChI is InChI=1S/C17H16N2O3S2/c1-10-14(11(2)22-19-10)7-16(20)18-8-13-3-4-15(24-13)17(21)12-5-6-23-9-12/h3-6,9H,7-8H2,1-2H3,(H,18,20). The molecule has 0 spiro atoms. The lowest BCUT2D eigenvalue weighted by Gasteiger charge is -2.03. The summed E-state index contributed by atoms with van der Waals surface area (Å²) in [7, 11) is 0. The molecule has 0 aliphatic heterocycles. The van der Waals surface area contributed by atoms with Crippen LogP contribution in [0.5, 0.6) is 0 Å². The Labute approximate surface area is 147 Å². The van der Waals surface area contributed by atoms with Gasteiger partial charge < -0.3 is 9.84 Å². The number of hydrogen-bond acceptors (Lipinski definition) is 6. The molecule has 0 aliphatic carbocycles. The van der Waals surface area contributed by atoms with E-state index in [2.05, 4.69) is 10.5 Å². The highest BCUT2D eigenvalue weighted by atomic mass is 32.1. The summed E-state index contributed by atoms with van der Waals surface area (Å²) >= 11 is 2.91. The smallest absolute Gasteiger partial charge is 0.224 e. The molecule has 3 heterocycles. The van der Waals surface area contributed by atoms with Gasteiger partial charge in [0.15, 0.2) is 0 Å². The van der Waals surface area contributed by atoms with Crippen molar-refractivity contribution in [1.82, 2.24) is 10.5 Å². The molecule has 5 nitrogen and oxygen atoms in total. The summed E-state index contributed by atoms with van der Waals surface area (Å²) in [5.41, 5.74) is 2.27. The number of carbonyl (C=O) groups excluding carboxylic acids is 2. The van der Waals surface area contributed by atoms with Crippen molar-refractivity contribution in [2.75, 3.05) is 0 Å². The number of thiophene rings is 2. The fraction of sp³-hybridized carbons (Fsp3) is 0.235. The quantitative estimate of drug-likeness (QED) is 0.683. The van der Waals surface area contributed by atoms with Crippen LogP contribution in [0.4, 0.5) is 0 Å². The van der Waals surface area contributed by atoms with Crippen LogP contribution in [0.1, 0.15) is 37.1 Å². The summed E-state index contributed by atoms with van der Waals surface area (Å²) in [4.78, 5) is 26.0. The van der Waals surface area contributed by atoms with Gasteiger partial charge in [-0.25, -0.2) is 0 Å². The molecular weight excluding hydrogens is 344 g/mol. The fourth-order valence-corrected chi connectivity index (χ4v) is 3.84. The summed E-state index contributed by atoms with van der Waals surface area (Å²) in [5.74, 6) is 0.598. The molecule has 3 rings (SSSR count). The zero-order chi connectivity index (χ0) is 17.1. The molecule has 124 valence electrons. The van der Waals surface area contributed by atoms with Gasteiger partial charge in [0, 0.05) is 21.4 Å². The topological polar surface area (TPSA) is 72.2 Å². The predicted molar refractivity (Wildman–Crippen MR) is 93.6 cm³/mol. The van der Waals surface area contributed by atoms with Crippen molar-refractivity contribution in [2.45, 2.75) is 26.8 Å². The summed E-state index contributed by atoms with van der Waals surface area (Å²) in [5, 5.41) is 10.4. The molecule has 0 aliphatic rings. The Balaban J connectivity index is 1.57. The van der Waals surface area contributed by atoms with E-state index in [0.717, 1.165) is 16.1 Å². The molecule has 0 unspecified atom stereocenters. The average molecular weight is 360 g/mol. The molecule has 0 atom stereocenters. The minimum atomic E-state index is -0.0940. The highest BCUT2D eigenvalue weighted by molar-refractivity contribution is 7.14. The third kappa shape index (κ3) is 3.63. The van der Waals surface area contributed by atoms with Gasteiger partial charge in [0.25, 0.3) is 0 Å². The number of nitrogens with zero attached hydrogens (tertiary/aromatic N) is 1. The number of rotatable bonds is 6. The largest absolute Gasteiger partial charge is 0.361 e. The number of carbonyl (C=O) groups is 2. The van der Waals surface area contributed by atoms with Gasteiger partial charge in [-0.15, -0.1) is 11.3 Å². The summed E-state index contributed by atoms with van der Waals surface area (Å²) < 4.78 is 5.06. The van der Waals surface area contributed by atoms with E-state index in [9.17, 15) is 9.59 Å². The lowest BCUT2D eigenvalue weighted by molar-refractivity contribution is -0.120. The Morgan fingerprint density at radius 1 is 1.25 bits per heavy atom. The van der Waals surface area contributed by atoms with Crippen LogP contribution in [0.2, 0.25) is 0 Å². The molecule has 0 radical (unpaired) electrons. The normalized spacial score (nSPS) is 10.8. The zero-order valence-electron chi connectivity index (χ0n) is 13.3. The van der Waals surface area contributed by atoms with Crippen molar-refractivity contribution < 1.29 is 14.1 Å². The van der Waals surface area contributed by atoms with Crippen molar-refractivity contribution in [3.63, 3.8) is 0 Å². The van der Waals surface area contributed by atoms with Crippen LogP contribution in [-0.4, -0.2) is 16.8 Å². The molecule has 7 heteroatoms. The number of hydrogen-bond donors (Lipinski definition) is 1. The summed E-state index contributed by atoms with van der Waals surface area (Å²) in [6, 6.07) is 5.50. The summed E-state index contributed by atoms with van der Waals surface area (Å²) in [6.45, 7) is 4.02. The first-order valence-corrected chi connectivity index (χ1v) is 9.14. The van der Waals surface area contributed by atoms with E-state index in [1.807, 2.05) is 29.8 Å². The Morgan fingerprint density at radius 3 is 2.75 bits per heavy atom. The SMILES string of the molecule is Cc1noc(C)c1CC(=O)NCc1ccc(C(=O)c2ccsc2)s1. The monoisotopic (exact) mass is 360 g/mol. The number of aromatic nitrogens is 1. The second kappa shape index (κ2) is 7.11. The van der Waals surface area contributed by atoms with Crippen molar-refractivity contribution >= 4 is 34.4 Å². The minimum absolute atomic E-state index is 0.0227. The van der Waals surface area contributed by atoms with Gasteiger partial charge in [0.05, 0.1) is 23.5 Å². The van der Waals surface area contributed by atoms with Crippen LogP contribution in [0, 0.1) is 13.8 Å². The van der Waals surface area contributed by atoms with E-state index in [-0.39, 0.29) is 18.1 Å². The van der Waals surface area contributed by atoms with Crippen molar-refractivity contribution in [3.05, 3.63) is 61.3 Å². The summed E-state index contributed by atoms with van der Waals surface area (Å²) in [6.07, 6.45) is 0.243. The van der Waals surface area contributed by atoms with Crippen molar-refractivity contribution in [3.8, 4) is 0 Å². The van der Waals surface area contributed by atoms with Gasteiger partial charge in [-0.1, -0.05) is 5.16 Å². The Morgan fingerprint density at radius 2 is 2.08 bits per heavy atom. The van der Waals surface area contributed by atoms with Crippen LogP contribution in [0.3, 0.4) is 0 Å². The molecule has 24 heavy (non-hydrogen) atoms. The van der Waals surface area contributed by atoms with E-state index in [4.69, 9.17) is 4.52 Å². The first-order chi connectivity index (χ1) is 11.5. The molecule has 1 N–H and O–H groups in total. The molecule has 3 aromatic heterocycles. The van der Waals surface area contributed by atoms with Gasteiger partial charge in [0.1, 0.15) is 5.76 Å².